The molecule has 1 aliphatic heterocycles. The van der Waals surface area contributed by atoms with E-state index in [-0.39, 0.29) is 18.3 Å². The monoisotopic (exact) mass is 423 g/mol. The first kappa shape index (κ1) is 20.4. The summed E-state index contributed by atoms with van der Waals surface area (Å²) in [5, 5.41) is 5.41. The molecule has 4 rings (SSSR count). The second-order valence-electron chi connectivity index (χ2n) is 7.50. The minimum absolute atomic E-state index is 0.0624. The van der Waals surface area contributed by atoms with Gasteiger partial charge in [-0.15, -0.1) is 11.3 Å². The first-order valence-electron chi connectivity index (χ1n) is 10.1. The van der Waals surface area contributed by atoms with Gasteiger partial charge in [0.15, 0.2) is 5.78 Å². The molecule has 6 heteroatoms. The molecule has 156 valence electrons. The molecule has 1 aromatic heterocycles. The summed E-state index contributed by atoms with van der Waals surface area (Å²) in [6.45, 7) is 3.93. The van der Waals surface area contributed by atoms with Crippen LogP contribution in [0.1, 0.15) is 49.0 Å². The fraction of sp³-hybridized carbons (Fsp3) is 0.333. The van der Waals surface area contributed by atoms with Gasteiger partial charge in [-0.2, -0.15) is 0 Å². The van der Waals surface area contributed by atoms with Crippen molar-refractivity contribution >= 4 is 23.1 Å². The van der Waals surface area contributed by atoms with Crippen LogP contribution in [0.15, 0.2) is 64.3 Å². The van der Waals surface area contributed by atoms with Gasteiger partial charge in [-0.3, -0.25) is 4.79 Å². The third-order valence-corrected chi connectivity index (χ3v) is 6.75. The van der Waals surface area contributed by atoms with E-state index in [0.717, 1.165) is 23.4 Å². The summed E-state index contributed by atoms with van der Waals surface area (Å²) in [4.78, 5) is 27.6. The van der Waals surface area contributed by atoms with Gasteiger partial charge in [-0.05, 0) is 37.8 Å². The van der Waals surface area contributed by atoms with E-state index >= 15 is 0 Å². The zero-order valence-electron chi connectivity index (χ0n) is 17.4. The van der Waals surface area contributed by atoms with Crippen molar-refractivity contribution in [3.63, 3.8) is 0 Å². The Morgan fingerprint density at radius 2 is 2.00 bits per heavy atom. The Bertz CT molecular complexity index is 1040. The van der Waals surface area contributed by atoms with Crippen molar-refractivity contribution in [1.82, 2.24) is 5.32 Å². The van der Waals surface area contributed by atoms with Crippen LogP contribution in [0.4, 0.5) is 0 Å². The van der Waals surface area contributed by atoms with E-state index in [1.54, 1.807) is 25.4 Å². The molecule has 1 N–H and O–H groups in total. The molecule has 0 saturated carbocycles. The molecule has 0 bridgehead atoms. The van der Waals surface area contributed by atoms with Crippen molar-refractivity contribution < 1.29 is 19.1 Å². The highest BCUT2D eigenvalue weighted by molar-refractivity contribution is 7.10. The Labute approximate surface area is 180 Å². The molecule has 2 heterocycles. The molecule has 1 aliphatic carbocycles. The number of nitrogens with one attached hydrogen (secondary N) is 1. The molecule has 5 nitrogen and oxygen atoms in total. The van der Waals surface area contributed by atoms with Gasteiger partial charge >= 0.3 is 5.97 Å². The van der Waals surface area contributed by atoms with Crippen LogP contribution in [0.5, 0.6) is 5.75 Å². The number of benzene rings is 1. The molecular weight excluding hydrogens is 398 g/mol. The highest BCUT2D eigenvalue weighted by Crippen LogP contribution is 2.48. The number of carbonyl (C=O) groups is 2. The van der Waals surface area contributed by atoms with Gasteiger partial charge in [-0.25, -0.2) is 4.79 Å². The summed E-state index contributed by atoms with van der Waals surface area (Å²) in [7, 11) is 1.60. The maximum atomic E-state index is 13.4. The number of Topliss-reactive ketones (excluding diaryl/α,β-unsaturated/α-hetero) is 1. The number of hydrogen-bond donors (Lipinski definition) is 1. The third kappa shape index (κ3) is 3.56. The summed E-state index contributed by atoms with van der Waals surface area (Å²) in [6.07, 6.45) is 1.17. The van der Waals surface area contributed by atoms with E-state index in [0.29, 0.717) is 23.3 Å². The number of ketones is 1. The lowest BCUT2D eigenvalue weighted by Crippen LogP contribution is -2.36. The lowest BCUT2D eigenvalue weighted by atomic mass is 9.72. The number of rotatable bonds is 5. The summed E-state index contributed by atoms with van der Waals surface area (Å²) >= 11 is 1.68. The predicted molar refractivity (Wildman–Crippen MR) is 117 cm³/mol. The van der Waals surface area contributed by atoms with Crippen molar-refractivity contribution in [2.45, 2.75) is 38.5 Å². The molecule has 1 aromatic carbocycles. The second kappa shape index (κ2) is 8.48. The topological polar surface area (TPSA) is 64.6 Å². The average molecular weight is 424 g/mol. The lowest BCUT2D eigenvalue weighted by molar-refractivity contribution is -0.138. The van der Waals surface area contributed by atoms with Crippen LogP contribution in [0.3, 0.4) is 0 Å². The molecule has 0 saturated heterocycles. The Kier molecular flexibility index (Phi) is 5.77. The van der Waals surface area contributed by atoms with E-state index in [1.165, 1.54) is 4.88 Å². The second-order valence-corrected chi connectivity index (χ2v) is 8.47. The Balaban J connectivity index is 1.85. The van der Waals surface area contributed by atoms with E-state index in [9.17, 15) is 9.59 Å². The highest BCUT2D eigenvalue weighted by Gasteiger charge is 2.42. The number of allylic oxidation sites excluding steroid dienone is 3. The van der Waals surface area contributed by atoms with Gasteiger partial charge in [0.1, 0.15) is 5.75 Å². The molecule has 0 radical (unpaired) electrons. The summed E-state index contributed by atoms with van der Waals surface area (Å²) in [5.41, 5.74) is 3.55. The Morgan fingerprint density at radius 3 is 2.70 bits per heavy atom. The standard InChI is InChI=1S/C24H25NO4S/c1-4-29-24(27)21-14(2)25-17-12-15(20-10-7-11-30-20)13-18(26)23(17)22(21)16-8-5-6-9-19(16)28-3/h5-11,15,22,25H,4,12-13H2,1-3H3/t15-,22-/m1/s1. The summed E-state index contributed by atoms with van der Waals surface area (Å²) in [5.74, 6) is -0.0447. The predicted octanol–water partition coefficient (Wildman–Crippen LogP) is 4.68. The zero-order valence-corrected chi connectivity index (χ0v) is 18.2. The fourth-order valence-electron chi connectivity index (χ4n) is 4.46. The minimum Gasteiger partial charge on any atom is -0.496 e. The van der Waals surface area contributed by atoms with E-state index < -0.39 is 11.9 Å². The van der Waals surface area contributed by atoms with Crippen LogP contribution in [0.2, 0.25) is 0 Å². The van der Waals surface area contributed by atoms with Gasteiger partial charge in [0.25, 0.3) is 0 Å². The quantitative estimate of drug-likeness (QED) is 0.708. The zero-order chi connectivity index (χ0) is 21.3. The largest absolute Gasteiger partial charge is 0.496 e. The summed E-state index contributed by atoms with van der Waals surface area (Å²) in [6, 6.07) is 11.7. The van der Waals surface area contributed by atoms with E-state index in [1.807, 2.05) is 42.6 Å². The van der Waals surface area contributed by atoms with Crippen molar-refractivity contribution in [1.29, 1.82) is 0 Å². The van der Waals surface area contributed by atoms with Crippen LogP contribution in [-0.2, 0) is 14.3 Å². The van der Waals surface area contributed by atoms with Gasteiger partial charge in [0.05, 0.1) is 25.2 Å². The van der Waals surface area contributed by atoms with Crippen molar-refractivity contribution in [3.8, 4) is 5.75 Å². The molecule has 0 amide bonds. The molecule has 0 unspecified atom stereocenters. The number of esters is 1. The Hall–Kier alpha value is -2.86. The lowest BCUT2D eigenvalue weighted by Gasteiger charge is -2.36. The molecule has 0 fully saturated rings. The fourth-order valence-corrected chi connectivity index (χ4v) is 5.29. The maximum absolute atomic E-state index is 13.4. The smallest absolute Gasteiger partial charge is 0.336 e. The van der Waals surface area contributed by atoms with Crippen LogP contribution < -0.4 is 10.1 Å². The van der Waals surface area contributed by atoms with Gasteiger partial charge < -0.3 is 14.8 Å². The number of ether oxygens (including phenoxy) is 2. The van der Waals surface area contributed by atoms with Gasteiger partial charge in [-0.1, -0.05) is 24.3 Å². The highest BCUT2D eigenvalue weighted by atomic mass is 32.1. The van der Waals surface area contributed by atoms with Crippen molar-refractivity contribution in [2.24, 2.45) is 0 Å². The number of para-hydroxylation sites is 1. The minimum atomic E-state index is -0.506. The van der Waals surface area contributed by atoms with Crippen molar-refractivity contribution in [3.05, 3.63) is 74.8 Å². The first-order valence-corrected chi connectivity index (χ1v) is 11.0. The normalized spacial score (nSPS) is 21.2. The number of carbonyl (C=O) groups excluding carboxylic acids is 2. The average Bonchev–Trinajstić information content (AvgIpc) is 3.27. The van der Waals surface area contributed by atoms with Crippen LogP contribution >= 0.6 is 11.3 Å². The van der Waals surface area contributed by atoms with Crippen LogP contribution in [-0.4, -0.2) is 25.5 Å². The van der Waals surface area contributed by atoms with Gasteiger partial charge in [0, 0.05) is 39.7 Å². The molecular formula is C24H25NO4S. The first-order chi connectivity index (χ1) is 14.5. The van der Waals surface area contributed by atoms with Crippen LogP contribution in [0.25, 0.3) is 0 Å². The molecule has 2 aromatic rings. The number of hydrogen-bond acceptors (Lipinski definition) is 6. The van der Waals surface area contributed by atoms with E-state index in [4.69, 9.17) is 9.47 Å². The number of methoxy groups -OCH3 is 1. The number of dihydropyridines is 1. The molecule has 2 aliphatic rings. The summed E-state index contributed by atoms with van der Waals surface area (Å²) < 4.78 is 11.0. The molecule has 30 heavy (non-hydrogen) atoms. The molecule has 2 atom stereocenters. The van der Waals surface area contributed by atoms with Gasteiger partial charge in [0.2, 0.25) is 0 Å². The van der Waals surface area contributed by atoms with Crippen LogP contribution in [0, 0.1) is 0 Å². The van der Waals surface area contributed by atoms with E-state index in [2.05, 4.69) is 11.4 Å². The SMILES string of the molecule is CCOC(=O)C1=C(C)NC2=C(C(=O)C[C@H](c3cccs3)C2)[C@@H]1c1ccccc1OC. The maximum Gasteiger partial charge on any atom is 0.336 e. The number of thiophene rings is 1. The van der Waals surface area contributed by atoms with Crippen molar-refractivity contribution in [2.75, 3.05) is 13.7 Å². The molecule has 0 spiro atoms. The third-order valence-electron chi connectivity index (χ3n) is 5.72. The Morgan fingerprint density at radius 1 is 1.20 bits per heavy atom.